The summed E-state index contributed by atoms with van der Waals surface area (Å²) in [6.45, 7) is 0.353. The summed E-state index contributed by atoms with van der Waals surface area (Å²) in [4.78, 5) is 13.8. The van der Waals surface area contributed by atoms with Crippen LogP contribution in [0.15, 0.2) is 41.0 Å². The number of nitrogens with zero attached hydrogens (tertiary/aromatic N) is 2. The van der Waals surface area contributed by atoms with Crippen LogP contribution in [0.1, 0.15) is 22.5 Å². The molecule has 0 saturated carbocycles. The van der Waals surface area contributed by atoms with Crippen LogP contribution in [0.3, 0.4) is 0 Å². The van der Waals surface area contributed by atoms with Crippen molar-refractivity contribution in [2.24, 2.45) is 0 Å². The van der Waals surface area contributed by atoms with E-state index in [1.807, 2.05) is 6.07 Å². The van der Waals surface area contributed by atoms with Crippen molar-refractivity contribution in [3.63, 3.8) is 0 Å². The summed E-state index contributed by atoms with van der Waals surface area (Å²) < 4.78 is 19.0. The van der Waals surface area contributed by atoms with Crippen LogP contribution in [0.5, 0.6) is 0 Å². The number of carbonyl (C=O) groups excluding carboxylic acids is 1. The Balaban J connectivity index is 2.24. The number of halogens is 1. The Hall–Kier alpha value is -2.81. The van der Waals surface area contributed by atoms with Crippen molar-refractivity contribution in [2.75, 3.05) is 12.3 Å². The number of anilines is 1. The maximum atomic E-state index is 13.8. The molecule has 0 atom stereocenters. The molecule has 0 aliphatic heterocycles. The zero-order valence-electron chi connectivity index (χ0n) is 11.3. The molecular formula is C15H14FN3O2. The van der Waals surface area contributed by atoms with Gasteiger partial charge in [-0.25, -0.2) is 4.39 Å². The number of nitriles is 1. The largest absolute Gasteiger partial charge is 0.467 e. The zero-order chi connectivity index (χ0) is 15.2. The number of hydrogen-bond donors (Lipinski definition) is 1. The van der Waals surface area contributed by atoms with Crippen LogP contribution in [0.4, 0.5) is 10.1 Å². The third kappa shape index (κ3) is 3.60. The molecule has 0 saturated heterocycles. The lowest BCUT2D eigenvalue weighted by Gasteiger charge is -2.21. The Bertz CT molecular complexity index is 662. The fraction of sp³-hybridized carbons (Fsp3) is 0.200. The van der Waals surface area contributed by atoms with Gasteiger partial charge in [0, 0.05) is 12.2 Å². The van der Waals surface area contributed by atoms with Crippen LogP contribution in [0, 0.1) is 17.1 Å². The minimum atomic E-state index is -0.643. The van der Waals surface area contributed by atoms with Crippen molar-refractivity contribution in [1.29, 1.82) is 5.26 Å². The molecule has 0 bridgehead atoms. The second-order valence-corrected chi connectivity index (χ2v) is 4.45. The Morgan fingerprint density at radius 3 is 2.90 bits per heavy atom. The Morgan fingerprint density at radius 2 is 2.24 bits per heavy atom. The fourth-order valence-electron chi connectivity index (χ4n) is 1.91. The highest BCUT2D eigenvalue weighted by Crippen LogP contribution is 2.16. The summed E-state index contributed by atoms with van der Waals surface area (Å²) >= 11 is 0. The third-order valence-corrected chi connectivity index (χ3v) is 2.93. The van der Waals surface area contributed by atoms with E-state index in [1.165, 1.54) is 23.3 Å². The topological polar surface area (TPSA) is 83.3 Å². The Labute approximate surface area is 121 Å². The molecule has 6 heteroatoms. The summed E-state index contributed by atoms with van der Waals surface area (Å²) in [5.74, 6) is -0.604. The van der Waals surface area contributed by atoms with Crippen LogP contribution in [0.25, 0.3) is 0 Å². The molecule has 5 nitrogen and oxygen atoms in total. The zero-order valence-corrected chi connectivity index (χ0v) is 11.3. The van der Waals surface area contributed by atoms with E-state index in [0.29, 0.717) is 11.4 Å². The van der Waals surface area contributed by atoms with Crippen LogP contribution in [-0.4, -0.2) is 17.4 Å². The average Bonchev–Trinajstić information content (AvgIpc) is 2.98. The van der Waals surface area contributed by atoms with E-state index in [9.17, 15) is 9.18 Å². The van der Waals surface area contributed by atoms with Gasteiger partial charge in [0.2, 0.25) is 0 Å². The highest BCUT2D eigenvalue weighted by molar-refractivity contribution is 5.95. The van der Waals surface area contributed by atoms with Crippen molar-refractivity contribution in [3.05, 3.63) is 53.7 Å². The highest BCUT2D eigenvalue weighted by atomic mass is 19.1. The standard InChI is InChI=1S/C15H14FN3O2/c16-14-5-4-11(18)9-13(14)15(20)19(7-2-6-17)10-12-3-1-8-21-12/h1,3-5,8-9H,2,7,10,18H2. The maximum absolute atomic E-state index is 13.8. The maximum Gasteiger partial charge on any atom is 0.257 e. The van der Waals surface area contributed by atoms with Gasteiger partial charge in [-0.15, -0.1) is 0 Å². The third-order valence-electron chi connectivity index (χ3n) is 2.93. The quantitative estimate of drug-likeness (QED) is 0.857. The molecule has 0 spiro atoms. The molecule has 2 rings (SSSR count). The van der Waals surface area contributed by atoms with Gasteiger partial charge in [-0.1, -0.05) is 0 Å². The van der Waals surface area contributed by atoms with Crippen LogP contribution in [-0.2, 0) is 6.54 Å². The number of furan rings is 1. The van der Waals surface area contributed by atoms with E-state index >= 15 is 0 Å². The van der Waals surface area contributed by atoms with Crippen molar-refractivity contribution >= 4 is 11.6 Å². The summed E-state index contributed by atoms with van der Waals surface area (Å²) in [5, 5.41) is 8.69. The number of nitrogens with two attached hydrogens (primary N) is 1. The predicted molar refractivity (Wildman–Crippen MR) is 74.5 cm³/mol. The molecule has 0 aliphatic rings. The monoisotopic (exact) mass is 287 g/mol. The van der Waals surface area contributed by atoms with E-state index in [1.54, 1.807) is 12.1 Å². The number of rotatable bonds is 5. The van der Waals surface area contributed by atoms with E-state index in [-0.39, 0.29) is 25.1 Å². The number of benzene rings is 1. The van der Waals surface area contributed by atoms with Gasteiger partial charge in [0.25, 0.3) is 5.91 Å². The number of amides is 1. The molecule has 1 heterocycles. The minimum Gasteiger partial charge on any atom is -0.467 e. The molecule has 0 fully saturated rings. The van der Waals surface area contributed by atoms with Gasteiger partial charge in [-0.3, -0.25) is 4.79 Å². The summed E-state index contributed by atoms with van der Waals surface area (Å²) in [7, 11) is 0. The van der Waals surface area contributed by atoms with Crippen molar-refractivity contribution in [2.45, 2.75) is 13.0 Å². The predicted octanol–water partition coefficient (Wildman–Crippen LogP) is 2.56. The molecule has 1 aromatic heterocycles. The highest BCUT2D eigenvalue weighted by Gasteiger charge is 2.20. The van der Waals surface area contributed by atoms with E-state index in [0.717, 1.165) is 6.07 Å². The van der Waals surface area contributed by atoms with Gasteiger partial charge >= 0.3 is 0 Å². The van der Waals surface area contributed by atoms with Gasteiger partial charge in [-0.2, -0.15) is 5.26 Å². The van der Waals surface area contributed by atoms with E-state index < -0.39 is 11.7 Å². The normalized spacial score (nSPS) is 10.1. The number of nitrogen functional groups attached to an aromatic ring is 1. The molecule has 1 aromatic carbocycles. The molecule has 108 valence electrons. The first-order chi connectivity index (χ1) is 10.1. The molecule has 1 amide bonds. The summed E-state index contributed by atoms with van der Waals surface area (Å²) in [5.41, 5.74) is 5.79. The Morgan fingerprint density at radius 1 is 1.43 bits per heavy atom. The van der Waals surface area contributed by atoms with E-state index in [4.69, 9.17) is 15.4 Å². The lowest BCUT2D eigenvalue weighted by atomic mass is 10.1. The van der Waals surface area contributed by atoms with Gasteiger partial charge in [-0.05, 0) is 30.3 Å². The molecule has 21 heavy (non-hydrogen) atoms. The molecular weight excluding hydrogens is 273 g/mol. The van der Waals surface area contributed by atoms with Crippen LogP contribution >= 0.6 is 0 Å². The lowest BCUT2D eigenvalue weighted by molar-refractivity contribution is 0.0730. The van der Waals surface area contributed by atoms with Crippen molar-refractivity contribution < 1.29 is 13.6 Å². The first-order valence-electron chi connectivity index (χ1n) is 6.35. The molecule has 2 aromatic rings. The first kappa shape index (κ1) is 14.6. The average molecular weight is 287 g/mol. The second-order valence-electron chi connectivity index (χ2n) is 4.45. The number of hydrogen-bond acceptors (Lipinski definition) is 4. The fourth-order valence-corrected chi connectivity index (χ4v) is 1.91. The number of carbonyl (C=O) groups is 1. The first-order valence-corrected chi connectivity index (χ1v) is 6.35. The molecule has 0 radical (unpaired) electrons. The summed E-state index contributed by atoms with van der Waals surface area (Å²) in [6.07, 6.45) is 1.64. The lowest BCUT2D eigenvalue weighted by Crippen LogP contribution is -2.32. The van der Waals surface area contributed by atoms with Crippen molar-refractivity contribution in [3.8, 4) is 6.07 Å². The summed E-state index contributed by atoms with van der Waals surface area (Å²) in [6, 6.07) is 9.20. The second kappa shape index (κ2) is 6.57. The van der Waals surface area contributed by atoms with Crippen molar-refractivity contribution in [1.82, 2.24) is 4.90 Å². The Kier molecular flexibility index (Phi) is 4.57. The van der Waals surface area contributed by atoms with E-state index in [2.05, 4.69) is 0 Å². The molecule has 2 N–H and O–H groups in total. The SMILES string of the molecule is N#CCCN(Cc1ccco1)C(=O)c1cc(N)ccc1F. The van der Waals surface area contributed by atoms with Gasteiger partial charge < -0.3 is 15.1 Å². The van der Waals surface area contributed by atoms with Crippen LogP contribution in [0.2, 0.25) is 0 Å². The smallest absolute Gasteiger partial charge is 0.257 e. The van der Waals surface area contributed by atoms with Crippen LogP contribution < -0.4 is 5.73 Å². The van der Waals surface area contributed by atoms with Gasteiger partial charge in [0.15, 0.2) is 0 Å². The minimum absolute atomic E-state index is 0.112. The van der Waals surface area contributed by atoms with Gasteiger partial charge in [0.1, 0.15) is 11.6 Å². The molecule has 0 unspecified atom stereocenters. The molecule has 0 aliphatic carbocycles. The van der Waals surface area contributed by atoms with Gasteiger partial charge in [0.05, 0.1) is 30.9 Å².